The van der Waals surface area contributed by atoms with E-state index in [9.17, 15) is 9.59 Å². The summed E-state index contributed by atoms with van der Waals surface area (Å²) in [7, 11) is 1.75. The van der Waals surface area contributed by atoms with Crippen molar-refractivity contribution >= 4 is 12.0 Å². The summed E-state index contributed by atoms with van der Waals surface area (Å²) in [4.78, 5) is 23.7. The molecule has 1 atom stereocenters. The van der Waals surface area contributed by atoms with Crippen molar-refractivity contribution in [1.82, 2.24) is 10.2 Å². The maximum atomic E-state index is 11.5. The molecule has 0 saturated heterocycles. The maximum absolute atomic E-state index is 11.5. The molecule has 0 aliphatic rings. The second-order valence-corrected chi connectivity index (χ2v) is 4.97. The molecule has 0 spiro atoms. The van der Waals surface area contributed by atoms with Gasteiger partial charge < -0.3 is 15.3 Å². The van der Waals surface area contributed by atoms with Gasteiger partial charge >= 0.3 is 12.0 Å². The molecule has 5 nitrogen and oxygen atoms in total. The number of carboxylic acid groups (broad SMARTS) is 1. The molecule has 0 saturated carbocycles. The zero-order valence-electron chi connectivity index (χ0n) is 11.9. The molecule has 2 amide bonds. The lowest BCUT2D eigenvalue weighted by Gasteiger charge is -2.21. The third-order valence-corrected chi connectivity index (χ3v) is 3.28. The van der Waals surface area contributed by atoms with Crippen molar-refractivity contribution in [2.45, 2.75) is 40.0 Å². The van der Waals surface area contributed by atoms with Crippen LogP contribution in [0.4, 0.5) is 4.79 Å². The summed E-state index contributed by atoms with van der Waals surface area (Å²) in [6, 6.07) is -0.0711. The van der Waals surface area contributed by atoms with Gasteiger partial charge in [0.05, 0.1) is 0 Å². The van der Waals surface area contributed by atoms with Gasteiger partial charge in [0, 0.05) is 26.6 Å². The maximum Gasteiger partial charge on any atom is 0.317 e. The van der Waals surface area contributed by atoms with E-state index in [4.69, 9.17) is 5.11 Å². The fourth-order valence-corrected chi connectivity index (χ4v) is 1.76. The van der Waals surface area contributed by atoms with Crippen LogP contribution >= 0.6 is 0 Å². The number of urea groups is 1. The molecule has 0 aromatic carbocycles. The summed E-state index contributed by atoms with van der Waals surface area (Å²) >= 11 is 0. The van der Waals surface area contributed by atoms with E-state index in [1.165, 1.54) is 0 Å². The van der Waals surface area contributed by atoms with Gasteiger partial charge in [0.25, 0.3) is 0 Å². The number of amides is 2. The minimum absolute atomic E-state index is 0.0711. The Bertz CT molecular complexity index is 267. The van der Waals surface area contributed by atoms with Gasteiger partial charge in [0.2, 0.25) is 0 Å². The molecule has 0 aliphatic heterocycles. The van der Waals surface area contributed by atoms with E-state index in [0.29, 0.717) is 31.3 Å². The van der Waals surface area contributed by atoms with Crippen LogP contribution in [0.1, 0.15) is 40.0 Å². The molecule has 0 aromatic heterocycles. The van der Waals surface area contributed by atoms with Crippen LogP contribution in [-0.2, 0) is 4.79 Å². The van der Waals surface area contributed by atoms with Crippen molar-refractivity contribution in [3.05, 3.63) is 0 Å². The van der Waals surface area contributed by atoms with Crippen LogP contribution in [0.2, 0.25) is 0 Å². The molecule has 1 unspecified atom stereocenters. The van der Waals surface area contributed by atoms with E-state index >= 15 is 0 Å². The van der Waals surface area contributed by atoms with E-state index in [1.807, 2.05) is 6.92 Å². The first-order chi connectivity index (χ1) is 8.38. The van der Waals surface area contributed by atoms with Crippen LogP contribution in [0.15, 0.2) is 0 Å². The highest BCUT2D eigenvalue weighted by Crippen LogP contribution is 2.20. The van der Waals surface area contributed by atoms with E-state index in [1.54, 1.807) is 11.9 Å². The lowest BCUT2D eigenvalue weighted by atomic mass is 9.88. The molecular weight excluding hydrogens is 232 g/mol. The van der Waals surface area contributed by atoms with Crippen molar-refractivity contribution in [2.75, 3.05) is 20.1 Å². The minimum atomic E-state index is -0.754. The highest BCUT2D eigenvalue weighted by atomic mass is 16.4. The smallest absolute Gasteiger partial charge is 0.317 e. The van der Waals surface area contributed by atoms with Crippen molar-refractivity contribution in [2.24, 2.45) is 11.8 Å². The number of hydrogen-bond acceptors (Lipinski definition) is 2. The molecule has 5 heteroatoms. The summed E-state index contributed by atoms with van der Waals surface area (Å²) in [5, 5.41) is 11.5. The summed E-state index contributed by atoms with van der Waals surface area (Å²) in [5.74, 6) is 0.0221. The zero-order chi connectivity index (χ0) is 14.1. The van der Waals surface area contributed by atoms with Crippen molar-refractivity contribution in [1.29, 1.82) is 0 Å². The highest BCUT2D eigenvalue weighted by Gasteiger charge is 2.15. The van der Waals surface area contributed by atoms with E-state index in [0.717, 1.165) is 6.42 Å². The van der Waals surface area contributed by atoms with Crippen LogP contribution in [0, 0.1) is 11.8 Å². The number of hydrogen-bond donors (Lipinski definition) is 2. The van der Waals surface area contributed by atoms with Gasteiger partial charge in [-0.05, 0) is 31.6 Å². The molecule has 0 bridgehead atoms. The first kappa shape index (κ1) is 16.7. The van der Waals surface area contributed by atoms with Crippen molar-refractivity contribution in [3.8, 4) is 0 Å². The first-order valence-corrected chi connectivity index (χ1v) is 6.59. The Kier molecular flexibility index (Phi) is 8.16. The number of carbonyl (C=O) groups excluding carboxylic acids is 1. The second kappa shape index (κ2) is 8.78. The van der Waals surface area contributed by atoms with Gasteiger partial charge in [-0.1, -0.05) is 13.8 Å². The topological polar surface area (TPSA) is 69.6 Å². The van der Waals surface area contributed by atoms with Gasteiger partial charge in [-0.25, -0.2) is 4.79 Å². The molecule has 0 aromatic rings. The number of carboxylic acids is 1. The molecule has 0 heterocycles. The Morgan fingerprint density at radius 1 is 1.28 bits per heavy atom. The van der Waals surface area contributed by atoms with Gasteiger partial charge in [-0.3, -0.25) is 4.79 Å². The Morgan fingerprint density at radius 3 is 2.33 bits per heavy atom. The monoisotopic (exact) mass is 258 g/mol. The molecule has 0 rings (SSSR count). The zero-order valence-corrected chi connectivity index (χ0v) is 11.9. The van der Waals surface area contributed by atoms with Crippen molar-refractivity contribution in [3.63, 3.8) is 0 Å². The lowest BCUT2D eigenvalue weighted by molar-refractivity contribution is -0.137. The number of carbonyl (C=O) groups is 2. The summed E-state index contributed by atoms with van der Waals surface area (Å²) in [6.07, 6.45) is 1.70. The number of nitrogens with one attached hydrogen (secondary N) is 1. The third-order valence-electron chi connectivity index (χ3n) is 3.28. The number of nitrogens with zero attached hydrogens (tertiary/aromatic N) is 1. The Hall–Kier alpha value is -1.26. The first-order valence-electron chi connectivity index (χ1n) is 6.59. The highest BCUT2D eigenvalue weighted by molar-refractivity contribution is 5.73. The van der Waals surface area contributed by atoms with Crippen LogP contribution in [-0.4, -0.2) is 42.1 Å². The molecule has 0 fully saturated rings. The normalized spacial score (nSPS) is 12.3. The Labute approximate surface area is 110 Å². The standard InChI is InChI=1S/C13H26N2O3/c1-5-15(4)13(18)14-9-8-11(10(2)3)6-7-12(16)17/h10-11H,5-9H2,1-4H3,(H,14,18)(H,16,17). The van der Waals surface area contributed by atoms with Gasteiger partial charge in [-0.15, -0.1) is 0 Å². The third kappa shape index (κ3) is 7.14. The molecule has 2 N–H and O–H groups in total. The van der Waals surface area contributed by atoms with E-state index in [-0.39, 0.29) is 12.5 Å². The van der Waals surface area contributed by atoms with Crippen LogP contribution < -0.4 is 5.32 Å². The number of aliphatic carboxylic acids is 1. The molecular formula is C13H26N2O3. The minimum Gasteiger partial charge on any atom is -0.481 e. The van der Waals surface area contributed by atoms with Crippen molar-refractivity contribution < 1.29 is 14.7 Å². The van der Waals surface area contributed by atoms with Crippen LogP contribution in [0.25, 0.3) is 0 Å². The number of rotatable bonds is 8. The molecule has 18 heavy (non-hydrogen) atoms. The van der Waals surface area contributed by atoms with Crippen LogP contribution in [0.5, 0.6) is 0 Å². The Morgan fingerprint density at radius 2 is 1.89 bits per heavy atom. The predicted octanol–water partition coefficient (Wildman–Crippen LogP) is 2.17. The summed E-state index contributed by atoms with van der Waals surface area (Å²) < 4.78 is 0. The Balaban J connectivity index is 3.97. The summed E-state index contributed by atoms with van der Waals surface area (Å²) in [6.45, 7) is 7.38. The van der Waals surface area contributed by atoms with Gasteiger partial charge in [-0.2, -0.15) is 0 Å². The van der Waals surface area contributed by atoms with Gasteiger partial charge in [0.15, 0.2) is 0 Å². The summed E-state index contributed by atoms with van der Waals surface area (Å²) in [5.41, 5.74) is 0. The fraction of sp³-hybridized carbons (Fsp3) is 0.846. The second-order valence-electron chi connectivity index (χ2n) is 4.97. The SMILES string of the molecule is CCN(C)C(=O)NCCC(CCC(=O)O)C(C)C. The average molecular weight is 258 g/mol. The predicted molar refractivity (Wildman–Crippen MR) is 71.5 cm³/mol. The molecule has 0 aliphatic carbocycles. The quantitative estimate of drug-likeness (QED) is 0.701. The van der Waals surface area contributed by atoms with E-state index < -0.39 is 5.97 Å². The average Bonchev–Trinajstić information content (AvgIpc) is 2.31. The van der Waals surface area contributed by atoms with Crippen LogP contribution in [0.3, 0.4) is 0 Å². The molecule has 106 valence electrons. The van der Waals surface area contributed by atoms with Gasteiger partial charge in [0.1, 0.15) is 0 Å². The van der Waals surface area contributed by atoms with E-state index in [2.05, 4.69) is 19.2 Å². The lowest BCUT2D eigenvalue weighted by Crippen LogP contribution is -2.38. The molecule has 0 radical (unpaired) electrons. The largest absolute Gasteiger partial charge is 0.481 e. The fourth-order valence-electron chi connectivity index (χ4n) is 1.76.